The number of nitrogens with two attached hydrogens (primary N) is 1. The highest BCUT2D eigenvalue weighted by molar-refractivity contribution is 7.22. The Balaban J connectivity index is 1.30. The van der Waals surface area contributed by atoms with E-state index in [2.05, 4.69) is 32.0 Å². The number of hydrogen-bond donors (Lipinski definition) is 2. The van der Waals surface area contributed by atoms with Crippen LogP contribution in [0.3, 0.4) is 0 Å². The summed E-state index contributed by atoms with van der Waals surface area (Å²) in [7, 11) is 0. The minimum atomic E-state index is -0.620. The van der Waals surface area contributed by atoms with Gasteiger partial charge < -0.3 is 25.6 Å². The van der Waals surface area contributed by atoms with Crippen LogP contribution in [0.2, 0.25) is 5.02 Å². The lowest BCUT2D eigenvalue weighted by Gasteiger charge is -2.34. The van der Waals surface area contributed by atoms with Crippen LogP contribution >= 0.6 is 22.9 Å². The lowest BCUT2D eigenvalue weighted by atomic mass is 10.0. The molecule has 42 heavy (non-hydrogen) atoms. The second-order valence-corrected chi connectivity index (χ2v) is 13.4. The zero-order valence-corrected chi connectivity index (χ0v) is 25.1. The van der Waals surface area contributed by atoms with E-state index in [1.54, 1.807) is 6.07 Å². The Morgan fingerprint density at radius 1 is 1.10 bits per heavy atom. The first kappa shape index (κ1) is 27.9. The molecule has 3 unspecified atom stereocenters. The van der Waals surface area contributed by atoms with Gasteiger partial charge in [-0.15, -0.1) is 0 Å². The molecule has 3 saturated heterocycles. The number of piperazine rings is 1. The van der Waals surface area contributed by atoms with Crippen molar-refractivity contribution in [1.82, 2.24) is 25.2 Å². The predicted molar refractivity (Wildman–Crippen MR) is 165 cm³/mol. The van der Waals surface area contributed by atoms with Gasteiger partial charge in [-0.2, -0.15) is 9.97 Å². The Labute approximate surface area is 252 Å². The quantitative estimate of drug-likeness (QED) is 0.268. The van der Waals surface area contributed by atoms with Crippen molar-refractivity contribution in [1.29, 1.82) is 0 Å². The van der Waals surface area contributed by atoms with Crippen molar-refractivity contribution in [3.63, 3.8) is 0 Å². The standard InChI is InChI=1S/C30H34ClF2N7OS/c1-16(12-39-9-3-2-4-10-39)15-41-30-37-25-20(28(38-30)40-13-17-5-6-18(14-40)35-17)11-21(31)23(24(25)33)19-7-8-22(32)27-26(19)36-29(34)42-27/h7-8,11,16-18,35H,2-6,9-10,12-15H2,1H3,(H2,34,36). The maximum Gasteiger partial charge on any atom is 0.319 e. The second kappa shape index (κ2) is 11.3. The third kappa shape index (κ3) is 5.25. The van der Waals surface area contributed by atoms with Crippen LogP contribution in [0.5, 0.6) is 6.01 Å². The largest absolute Gasteiger partial charge is 0.463 e. The zero-order valence-electron chi connectivity index (χ0n) is 23.5. The third-order valence-electron chi connectivity index (χ3n) is 8.66. The number of fused-ring (bicyclic) bond motifs is 4. The summed E-state index contributed by atoms with van der Waals surface area (Å²) in [6, 6.07) is 5.33. The molecule has 0 spiro atoms. The molecule has 3 N–H and O–H groups in total. The summed E-state index contributed by atoms with van der Waals surface area (Å²) in [6.07, 6.45) is 5.95. The van der Waals surface area contributed by atoms with E-state index in [1.807, 2.05) is 0 Å². The van der Waals surface area contributed by atoms with E-state index in [0.717, 1.165) is 56.9 Å². The first-order valence-electron chi connectivity index (χ1n) is 14.7. The smallest absolute Gasteiger partial charge is 0.319 e. The highest BCUT2D eigenvalue weighted by Crippen LogP contribution is 2.43. The van der Waals surface area contributed by atoms with Gasteiger partial charge in [-0.05, 0) is 57.0 Å². The fourth-order valence-corrected chi connectivity index (χ4v) is 7.79. The first-order chi connectivity index (χ1) is 20.3. The molecule has 3 aliphatic heterocycles. The van der Waals surface area contributed by atoms with Gasteiger partial charge in [0.25, 0.3) is 0 Å². The SMILES string of the molecule is CC(COc1nc(N2CC3CCC(C2)N3)c2cc(Cl)c(-c3ccc(F)c4sc(N)nc34)c(F)c2n1)CN1CCCCC1. The lowest BCUT2D eigenvalue weighted by molar-refractivity contribution is 0.160. The molecule has 12 heteroatoms. The number of nitrogens with one attached hydrogen (secondary N) is 1. The van der Waals surface area contributed by atoms with Gasteiger partial charge in [0.05, 0.1) is 21.8 Å². The van der Waals surface area contributed by atoms with Crippen molar-refractivity contribution in [2.75, 3.05) is 50.0 Å². The van der Waals surface area contributed by atoms with Crippen LogP contribution in [0.25, 0.3) is 32.2 Å². The molecule has 0 amide bonds. The maximum atomic E-state index is 16.6. The van der Waals surface area contributed by atoms with Crippen molar-refractivity contribution < 1.29 is 13.5 Å². The summed E-state index contributed by atoms with van der Waals surface area (Å²) in [5, 5.41) is 4.53. The van der Waals surface area contributed by atoms with E-state index in [1.165, 1.54) is 31.4 Å². The molecule has 0 radical (unpaired) electrons. The Bertz CT molecular complexity index is 1630. The van der Waals surface area contributed by atoms with Crippen LogP contribution < -0.4 is 20.7 Å². The van der Waals surface area contributed by atoms with Crippen molar-refractivity contribution in [3.05, 3.63) is 34.9 Å². The van der Waals surface area contributed by atoms with E-state index in [4.69, 9.17) is 27.1 Å². The van der Waals surface area contributed by atoms with Crippen molar-refractivity contribution >= 4 is 55.0 Å². The monoisotopic (exact) mass is 613 g/mol. The number of anilines is 2. The summed E-state index contributed by atoms with van der Waals surface area (Å²) in [5.41, 5.74) is 6.76. The summed E-state index contributed by atoms with van der Waals surface area (Å²) >= 11 is 7.81. The molecule has 8 nitrogen and oxygen atoms in total. The number of ether oxygens (including phenoxy) is 1. The zero-order chi connectivity index (χ0) is 29.0. The van der Waals surface area contributed by atoms with Gasteiger partial charge in [0, 0.05) is 54.1 Å². The Kier molecular flexibility index (Phi) is 7.54. The summed E-state index contributed by atoms with van der Waals surface area (Å²) in [6.45, 7) is 7.25. The van der Waals surface area contributed by atoms with Gasteiger partial charge >= 0.3 is 6.01 Å². The van der Waals surface area contributed by atoms with Gasteiger partial charge in [-0.1, -0.05) is 36.3 Å². The number of thiazole rings is 1. The highest BCUT2D eigenvalue weighted by Gasteiger charge is 2.34. The van der Waals surface area contributed by atoms with E-state index in [-0.39, 0.29) is 43.4 Å². The van der Waals surface area contributed by atoms with Crippen LogP contribution in [0, 0.1) is 17.6 Å². The summed E-state index contributed by atoms with van der Waals surface area (Å²) < 4.78 is 37.6. The number of piperidine rings is 1. The van der Waals surface area contributed by atoms with Crippen molar-refractivity contribution in [2.24, 2.45) is 5.92 Å². The topological polar surface area (TPSA) is 92.4 Å². The average Bonchev–Trinajstić information content (AvgIpc) is 3.54. The van der Waals surface area contributed by atoms with Crippen molar-refractivity contribution in [2.45, 2.75) is 51.1 Å². The van der Waals surface area contributed by atoms with Crippen LogP contribution in [0.1, 0.15) is 39.0 Å². The van der Waals surface area contributed by atoms with Gasteiger partial charge in [0.2, 0.25) is 0 Å². The number of rotatable bonds is 7. The number of nitrogens with zero attached hydrogens (tertiary/aromatic N) is 5. The van der Waals surface area contributed by atoms with Crippen LogP contribution in [0.4, 0.5) is 19.7 Å². The Morgan fingerprint density at radius 3 is 2.62 bits per heavy atom. The van der Waals surface area contributed by atoms with E-state index >= 15 is 4.39 Å². The van der Waals surface area contributed by atoms with Crippen LogP contribution in [-0.2, 0) is 0 Å². The fourth-order valence-electron chi connectivity index (χ4n) is 6.73. The summed E-state index contributed by atoms with van der Waals surface area (Å²) in [4.78, 5) is 18.4. The second-order valence-electron chi connectivity index (χ2n) is 11.9. The molecule has 222 valence electrons. The number of hydrogen-bond acceptors (Lipinski definition) is 9. The molecular weight excluding hydrogens is 580 g/mol. The molecule has 3 aliphatic rings. The molecular formula is C30H34ClF2N7OS. The predicted octanol–water partition coefficient (Wildman–Crippen LogP) is 5.86. The fraction of sp³-hybridized carbons (Fsp3) is 0.500. The molecule has 3 atom stereocenters. The highest BCUT2D eigenvalue weighted by atomic mass is 35.5. The van der Waals surface area contributed by atoms with Gasteiger partial charge in [-0.25, -0.2) is 13.8 Å². The third-order valence-corrected chi connectivity index (χ3v) is 9.85. The molecule has 7 rings (SSSR count). The van der Waals surface area contributed by atoms with Crippen LogP contribution in [-0.4, -0.2) is 71.3 Å². The number of aromatic nitrogens is 3. The number of halogens is 3. The number of benzene rings is 2. The number of nitrogen functional groups attached to an aromatic ring is 1. The minimum Gasteiger partial charge on any atom is -0.463 e. The molecule has 2 aromatic heterocycles. The van der Waals surface area contributed by atoms with Crippen molar-refractivity contribution in [3.8, 4) is 17.1 Å². The van der Waals surface area contributed by atoms with Gasteiger partial charge in [0.15, 0.2) is 10.9 Å². The van der Waals surface area contributed by atoms with Gasteiger partial charge in [0.1, 0.15) is 17.2 Å². The van der Waals surface area contributed by atoms with Crippen LogP contribution in [0.15, 0.2) is 18.2 Å². The molecule has 0 saturated carbocycles. The van der Waals surface area contributed by atoms with E-state index in [9.17, 15) is 4.39 Å². The average molecular weight is 614 g/mol. The Hall–Kier alpha value is -2.86. The summed E-state index contributed by atoms with van der Waals surface area (Å²) in [5.74, 6) is -0.210. The minimum absolute atomic E-state index is 0.105. The maximum absolute atomic E-state index is 16.6. The van der Waals surface area contributed by atoms with E-state index < -0.39 is 11.6 Å². The Morgan fingerprint density at radius 2 is 1.86 bits per heavy atom. The van der Waals surface area contributed by atoms with Gasteiger partial charge in [-0.3, -0.25) is 0 Å². The molecule has 2 aromatic carbocycles. The molecule has 0 aliphatic carbocycles. The normalized spacial score (nSPS) is 21.9. The van der Waals surface area contributed by atoms with E-state index in [0.29, 0.717) is 35.5 Å². The molecule has 4 aromatic rings. The number of likely N-dealkylation sites (tertiary alicyclic amines) is 1. The lowest BCUT2D eigenvalue weighted by Crippen LogP contribution is -2.51. The molecule has 2 bridgehead atoms. The molecule has 3 fully saturated rings. The first-order valence-corrected chi connectivity index (χ1v) is 15.9. The molecule has 5 heterocycles.